The Balaban J connectivity index is 2.13. The Bertz CT molecular complexity index is 580. The highest BCUT2D eigenvalue weighted by Crippen LogP contribution is 2.19. The molecule has 0 atom stereocenters. The van der Waals surface area contributed by atoms with Crippen LogP contribution in [0.25, 0.3) is 0 Å². The smallest absolute Gasteiger partial charge is 0.251 e. The van der Waals surface area contributed by atoms with Gasteiger partial charge in [0.2, 0.25) is 0 Å². The van der Waals surface area contributed by atoms with E-state index in [1.165, 1.54) is 22.6 Å². The molecule has 94 valence electrons. The van der Waals surface area contributed by atoms with Crippen molar-refractivity contribution >= 4 is 22.9 Å². The van der Waals surface area contributed by atoms with Crippen molar-refractivity contribution in [2.24, 2.45) is 5.73 Å². The van der Waals surface area contributed by atoms with E-state index in [0.717, 1.165) is 0 Å². The first-order valence-corrected chi connectivity index (χ1v) is 6.32. The molecule has 5 heteroatoms. The van der Waals surface area contributed by atoms with Gasteiger partial charge in [0, 0.05) is 17.1 Å². The van der Waals surface area contributed by atoms with E-state index in [4.69, 9.17) is 5.73 Å². The first-order chi connectivity index (χ1) is 8.58. The standard InChI is InChI=1S/C13H13FN2OS/c1-8-4-5-18-12(8)7-16-9-2-3-11(14)10(6-9)13(15)17/h2-6,16H,7H2,1H3,(H2,15,17). The summed E-state index contributed by atoms with van der Waals surface area (Å²) in [5.41, 5.74) is 6.89. The van der Waals surface area contributed by atoms with Crippen molar-refractivity contribution in [1.82, 2.24) is 0 Å². The molecule has 18 heavy (non-hydrogen) atoms. The minimum Gasteiger partial charge on any atom is -0.380 e. The number of aryl methyl sites for hydroxylation is 1. The molecule has 2 rings (SSSR count). The first kappa shape index (κ1) is 12.6. The van der Waals surface area contributed by atoms with Crippen LogP contribution in [0.5, 0.6) is 0 Å². The molecule has 0 aliphatic rings. The fourth-order valence-corrected chi connectivity index (χ4v) is 2.44. The van der Waals surface area contributed by atoms with Gasteiger partial charge in [-0.25, -0.2) is 4.39 Å². The summed E-state index contributed by atoms with van der Waals surface area (Å²) in [6.07, 6.45) is 0. The van der Waals surface area contributed by atoms with E-state index >= 15 is 0 Å². The summed E-state index contributed by atoms with van der Waals surface area (Å²) in [7, 11) is 0. The van der Waals surface area contributed by atoms with E-state index in [1.807, 2.05) is 18.4 Å². The fourth-order valence-electron chi connectivity index (χ4n) is 1.59. The van der Waals surface area contributed by atoms with E-state index < -0.39 is 11.7 Å². The lowest BCUT2D eigenvalue weighted by Crippen LogP contribution is -2.13. The molecule has 1 aromatic heterocycles. The number of carbonyl (C=O) groups is 1. The van der Waals surface area contributed by atoms with E-state index in [2.05, 4.69) is 5.32 Å². The van der Waals surface area contributed by atoms with Crippen molar-refractivity contribution in [1.29, 1.82) is 0 Å². The van der Waals surface area contributed by atoms with Crippen molar-refractivity contribution in [2.75, 3.05) is 5.32 Å². The molecule has 1 amide bonds. The molecule has 3 N–H and O–H groups in total. The molecule has 0 fully saturated rings. The molecule has 0 saturated carbocycles. The molecule has 1 aromatic carbocycles. The summed E-state index contributed by atoms with van der Waals surface area (Å²) in [5, 5.41) is 5.17. The maximum absolute atomic E-state index is 13.3. The van der Waals surface area contributed by atoms with Crippen LogP contribution < -0.4 is 11.1 Å². The monoisotopic (exact) mass is 264 g/mol. The number of thiophene rings is 1. The molecule has 0 saturated heterocycles. The van der Waals surface area contributed by atoms with Crippen LogP contribution in [0.15, 0.2) is 29.6 Å². The average Bonchev–Trinajstić information content (AvgIpc) is 2.73. The van der Waals surface area contributed by atoms with Gasteiger partial charge in [-0.15, -0.1) is 11.3 Å². The number of primary amides is 1. The lowest BCUT2D eigenvalue weighted by molar-refractivity contribution is 0.0996. The molecular formula is C13H13FN2OS. The number of nitrogens with two attached hydrogens (primary N) is 1. The lowest BCUT2D eigenvalue weighted by atomic mass is 10.1. The van der Waals surface area contributed by atoms with Crippen LogP contribution in [0.3, 0.4) is 0 Å². The fraction of sp³-hybridized carbons (Fsp3) is 0.154. The zero-order chi connectivity index (χ0) is 13.1. The van der Waals surface area contributed by atoms with Gasteiger partial charge < -0.3 is 11.1 Å². The van der Waals surface area contributed by atoms with Crippen LogP contribution in [0.1, 0.15) is 20.8 Å². The zero-order valence-corrected chi connectivity index (χ0v) is 10.7. The number of hydrogen-bond acceptors (Lipinski definition) is 3. The van der Waals surface area contributed by atoms with Gasteiger partial charge in [-0.2, -0.15) is 0 Å². The lowest BCUT2D eigenvalue weighted by Gasteiger charge is -2.07. The zero-order valence-electron chi connectivity index (χ0n) is 9.87. The molecular weight excluding hydrogens is 251 g/mol. The molecule has 2 aromatic rings. The minimum atomic E-state index is -0.761. The van der Waals surface area contributed by atoms with Gasteiger partial charge in [0.15, 0.2) is 0 Å². The number of carbonyl (C=O) groups excluding carboxylic acids is 1. The molecule has 3 nitrogen and oxygen atoms in total. The molecule has 0 bridgehead atoms. The second-order valence-electron chi connectivity index (χ2n) is 3.94. The van der Waals surface area contributed by atoms with Gasteiger partial charge in [0.25, 0.3) is 5.91 Å². The van der Waals surface area contributed by atoms with Crippen molar-refractivity contribution in [3.8, 4) is 0 Å². The summed E-state index contributed by atoms with van der Waals surface area (Å²) in [5.74, 6) is -1.36. The van der Waals surface area contributed by atoms with Crippen molar-refractivity contribution in [3.63, 3.8) is 0 Å². The van der Waals surface area contributed by atoms with Crippen LogP contribution in [0.4, 0.5) is 10.1 Å². The van der Waals surface area contributed by atoms with E-state index in [9.17, 15) is 9.18 Å². The van der Waals surface area contributed by atoms with Crippen molar-refractivity contribution in [2.45, 2.75) is 13.5 Å². The average molecular weight is 264 g/mol. The Labute approximate surface area is 108 Å². The van der Waals surface area contributed by atoms with Crippen LogP contribution in [0.2, 0.25) is 0 Å². The normalized spacial score (nSPS) is 10.3. The number of rotatable bonds is 4. The highest BCUT2D eigenvalue weighted by molar-refractivity contribution is 7.10. The third-order valence-corrected chi connectivity index (χ3v) is 3.68. The Morgan fingerprint density at radius 3 is 2.83 bits per heavy atom. The van der Waals surface area contributed by atoms with Gasteiger partial charge >= 0.3 is 0 Å². The quantitative estimate of drug-likeness (QED) is 0.892. The van der Waals surface area contributed by atoms with Gasteiger partial charge in [-0.1, -0.05) is 0 Å². The number of halogens is 1. The van der Waals surface area contributed by atoms with E-state index in [0.29, 0.717) is 12.2 Å². The van der Waals surface area contributed by atoms with Crippen LogP contribution >= 0.6 is 11.3 Å². The summed E-state index contributed by atoms with van der Waals surface area (Å²) in [4.78, 5) is 12.2. The molecule has 1 heterocycles. The van der Waals surface area contributed by atoms with Gasteiger partial charge in [0.1, 0.15) is 5.82 Å². The van der Waals surface area contributed by atoms with Crippen molar-refractivity contribution in [3.05, 3.63) is 51.5 Å². The summed E-state index contributed by atoms with van der Waals surface area (Å²) >= 11 is 1.65. The minimum absolute atomic E-state index is 0.0945. The highest BCUT2D eigenvalue weighted by atomic mass is 32.1. The maximum Gasteiger partial charge on any atom is 0.251 e. The Morgan fingerprint density at radius 1 is 1.44 bits per heavy atom. The number of benzene rings is 1. The Kier molecular flexibility index (Phi) is 3.62. The number of amides is 1. The number of anilines is 1. The van der Waals surface area contributed by atoms with Gasteiger partial charge in [-0.3, -0.25) is 4.79 Å². The number of hydrogen-bond donors (Lipinski definition) is 2. The summed E-state index contributed by atoms with van der Waals surface area (Å²) < 4.78 is 13.3. The SMILES string of the molecule is Cc1ccsc1CNc1ccc(F)c(C(N)=O)c1. The number of nitrogens with one attached hydrogen (secondary N) is 1. The van der Waals surface area contributed by atoms with Gasteiger partial charge in [-0.05, 0) is 42.1 Å². The third-order valence-electron chi connectivity index (χ3n) is 2.65. The Morgan fingerprint density at radius 2 is 2.22 bits per heavy atom. The maximum atomic E-state index is 13.3. The topological polar surface area (TPSA) is 55.1 Å². The highest BCUT2D eigenvalue weighted by Gasteiger charge is 2.09. The molecule has 0 aliphatic heterocycles. The summed E-state index contributed by atoms with van der Waals surface area (Å²) in [6.45, 7) is 2.68. The van der Waals surface area contributed by atoms with Crippen molar-refractivity contribution < 1.29 is 9.18 Å². The predicted molar refractivity (Wildman–Crippen MR) is 71.3 cm³/mol. The third kappa shape index (κ3) is 2.68. The predicted octanol–water partition coefficient (Wildman–Crippen LogP) is 2.91. The second-order valence-corrected chi connectivity index (χ2v) is 4.94. The van der Waals surface area contributed by atoms with Gasteiger partial charge in [0.05, 0.1) is 5.56 Å². The van der Waals surface area contributed by atoms with Crippen LogP contribution in [-0.4, -0.2) is 5.91 Å². The van der Waals surface area contributed by atoms with Crippen LogP contribution in [0, 0.1) is 12.7 Å². The van der Waals surface area contributed by atoms with E-state index in [1.54, 1.807) is 17.4 Å². The first-order valence-electron chi connectivity index (χ1n) is 5.44. The largest absolute Gasteiger partial charge is 0.380 e. The molecule has 0 unspecified atom stereocenters. The summed E-state index contributed by atoms with van der Waals surface area (Å²) in [6, 6.07) is 6.30. The Hall–Kier alpha value is -1.88. The molecule has 0 spiro atoms. The van der Waals surface area contributed by atoms with Crippen LogP contribution in [-0.2, 0) is 6.54 Å². The second kappa shape index (κ2) is 5.18. The van der Waals surface area contributed by atoms with E-state index in [-0.39, 0.29) is 5.56 Å². The molecule has 0 aliphatic carbocycles. The molecule has 0 radical (unpaired) electrons.